The van der Waals surface area contributed by atoms with Crippen molar-refractivity contribution < 1.29 is 0 Å². The molecule has 6 heteroatoms. The summed E-state index contributed by atoms with van der Waals surface area (Å²) < 4.78 is 0. The van der Waals surface area contributed by atoms with Gasteiger partial charge in [0, 0.05) is 51.4 Å². The van der Waals surface area contributed by atoms with Gasteiger partial charge in [-0.2, -0.15) is 0 Å². The van der Waals surface area contributed by atoms with E-state index in [-0.39, 0.29) is 31.7 Å². The van der Waals surface area contributed by atoms with Crippen molar-refractivity contribution in [1.82, 2.24) is 19.9 Å². The predicted octanol–water partition coefficient (Wildman–Crippen LogP) is 5.00. The molecule has 29 heavy (non-hydrogen) atoms. The summed E-state index contributed by atoms with van der Waals surface area (Å²) in [6.07, 6.45) is 16.4. The van der Waals surface area contributed by atoms with Crippen LogP contribution in [-0.2, 0) is 25.7 Å². The Bertz CT molecular complexity index is 1050. The maximum absolute atomic E-state index is 4.13. The van der Waals surface area contributed by atoms with Crippen molar-refractivity contribution in [1.29, 1.82) is 0 Å². The topological polar surface area (TPSA) is 57.4 Å². The first kappa shape index (κ1) is 24.5. The van der Waals surface area contributed by atoms with E-state index in [0.29, 0.717) is 0 Å². The highest BCUT2D eigenvalue weighted by Crippen LogP contribution is 2.29. The zero-order valence-electron chi connectivity index (χ0n) is 15.5. The van der Waals surface area contributed by atoms with Crippen LogP contribution in [0.25, 0.3) is 21.8 Å². The Morgan fingerprint density at radius 2 is 1.07 bits per heavy atom. The molecule has 4 nitrogen and oxygen atoms in total. The van der Waals surface area contributed by atoms with Crippen LogP contribution in [-0.4, -0.2) is 36.8 Å². The molecule has 0 amide bonds. The lowest BCUT2D eigenvalue weighted by Crippen LogP contribution is -1.99. The van der Waals surface area contributed by atoms with Gasteiger partial charge in [-0.25, -0.2) is 0 Å². The Balaban J connectivity index is 0.000000255. The van der Waals surface area contributed by atoms with Gasteiger partial charge in [-0.15, -0.1) is 0 Å². The molecule has 0 aromatic carbocycles. The molecule has 0 atom stereocenters. The Morgan fingerprint density at radius 3 is 1.62 bits per heavy atom. The van der Waals surface area contributed by atoms with Crippen LogP contribution in [0.1, 0.15) is 56.6 Å². The second kappa shape index (κ2) is 10.3. The van der Waals surface area contributed by atoms with Crippen molar-refractivity contribution >= 4 is 38.6 Å². The Kier molecular flexibility index (Phi) is 8.75. The van der Waals surface area contributed by atoms with Crippen molar-refractivity contribution in [3.63, 3.8) is 0 Å². The molecular weight excluding hydrogens is 354 g/mol. The molecule has 4 aromatic heterocycles. The number of pyridine rings is 2. The highest BCUT2D eigenvalue weighted by molar-refractivity contribution is 5.84. The smallest absolute Gasteiger partial charge is 0.0645 e. The van der Waals surface area contributed by atoms with E-state index in [1.54, 1.807) is 0 Å². The number of hydrogen-bond donors (Lipinski definition) is 2. The Hall–Kier alpha value is -2.49. The average molecular weight is 384 g/mol. The van der Waals surface area contributed by atoms with E-state index in [0.717, 1.165) is 0 Å². The summed E-state index contributed by atoms with van der Waals surface area (Å²) in [6, 6.07) is 4.23. The van der Waals surface area contributed by atoms with Crippen LogP contribution in [0.3, 0.4) is 0 Å². The van der Waals surface area contributed by atoms with Crippen molar-refractivity contribution in [3.05, 3.63) is 59.4 Å². The van der Waals surface area contributed by atoms with E-state index >= 15 is 0 Å². The first-order valence-electron chi connectivity index (χ1n) is 9.27. The van der Waals surface area contributed by atoms with E-state index in [1.165, 1.54) is 89.3 Å². The van der Waals surface area contributed by atoms with Crippen LogP contribution < -0.4 is 0 Å². The number of hydrogen-bond acceptors (Lipinski definition) is 2. The van der Waals surface area contributed by atoms with Gasteiger partial charge in [-0.1, -0.05) is 14.9 Å². The summed E-state index contributed by atoms with van der Waals surface area (Å²) >= 11 is 0. The van der Waals surface area contributed by atoms with Gasteiger partial charge < -0.3 is 9.97 Å². The maximum atomic E-state index is 4.13. The molecule has 0 saturated carbocycles. The molecule has 6 radical (unpaired) electrons. The second-order valence-electron chi connectivity index (χ2n) is 7.07. The quantitative estimate of drug-likeness (QED) is 0.419. The lowest BCUT2D eigenvalue weighted by molar-refractivity contribution is 0.680. The summed E-state index contributed by atoms with van der Waals surface area (Å²) in [7, 11) is 0. The third-order valence-electron chi connectivity index (χ3n) is 5.55. The molecule has 0 unspecified atom stereocenters. The molecule has 2 aliphatic carbocycles. The van der Waals surface area contributed by atoms with Gasteiger partial charge >= 0.3 is 0 Å². The van der Waals surface area contributed by atoms with E-state index in [4.69, 9.17) is 0 Å². The normalized spacial score (nSPS) is 13.5. The molecule has 0 fully saturated rings. The SMILES string of the molecule is C.C.[B].[B].c1cc2c3c([nH]c2cn1)CCC3.c1cc2c3c([nH]c2cn1)CCCC3. The van der Waals surface area contributed by atoms with Crippen molar-refractivity contribution in [3.8, 4) is 0 Å². The highest BCUT2D eigenvalue weighted by Gasteiger charge is 2.16. The highest BCUT2D eigenvalue weighted by atomic mass is 14.8. The van der Waals surface area contributed by atoms with Gasteiger partial charge in [0.1, 0.15) is 0 Å². The van der Waals surface area contributed by atoms with Gasteiger partial charge in [-0.3, -0.25) is 9.97 Å². The number of H-pyrrole nitrogens is 2. The first-order chi connectivity index (χ1) is 12.4. The van der Waals surface area contributed by atoms with Crippen LogP contribution in [0, 0.1) is 0 Å². The van der Waals surface area contributed by atoms with Gasteiger partial charge in [0.05, 0.1) is 23.4 Å². The number of aromatic amines is 2. The molecule has 4 aromatic rings. The van der Waals surface area contributed by atoms with E-state index < -0.39 is 0 Å². The maximum Gasteiger partial charge on any atom is 0.0645 e. The Morgan fingerprint density at radius 1 is 0.621 bits per heavy atom. The number of aromatic nitrogens is 4. The van der Waals surface area contributed by atoms with Crippen LogP contribution in [0.2, 0.25) is 0 Å². The lowest BCUT2D eigenvalue weighted by atomic mass is 9.96. The fourth-order valence-corrected chi connectivity index (χ4v) is 4.36. The van der Waals surface area contributed by atoms with Gasteiger partial charge in [-0.05, 0) is 68.2 Å². The number of aryl methyl sites for hydroxylation is 4. The third kappa shape index (κ3) is 4.42. The molecule has 0 saturated heterocycles. The number of nitrogens with one attached hydrogen (secondary N) is 2. The monoisotopic (exact) mass is 384 g/mol. The molecule has 2 N–H and O–H groups in total. The van der Waals surface area contributed by atoms with Gasteiger partial charge in [0.15, 0.2) is 0 Å². The molecule has 0 bridgehead atoms. The van der Waals surface area contributed by atoms with Crippen molar-refractivity contribution in [2.24, 2.45) is 0 Å². The van der Waals surface area contributed by atoms with Crippen LogP contribution in [0.15, 0.2) is 36.9 Å². The molecule has 2 aliphatic rings. The number of rotatable bonds is 0. The first-order valence-corrected chi connectivity index (χ1v) is 9.27. The summed E-state index contributed by atoms with van der Waals surface area (Å²) in [5.74, 6) is 0. The van der Waals surface area contributed by atoms with Crippen molar-refractivity contribution in [2.75, 3.05) is 0 Å². The molecule has 148 valence electrons. The van der Waals surface area contributed by atoms with Gasteiger partial charge in [0.25, 0.3) is 0 Å². The number of fused-ring (bicyclic) bond motifs is 6. The summed E-state index contributed by atoms with van der Waals surface area (Å²) in [6.45, 7) is 0. The minimum atomic E-state index is 0. The van der Waals surface area contributed by atoms with E-state index in [9.17, 15) is 0 Å². The molecule has 0 aliphatic heterocycles. The Labute approximate surface area is 178 Å². The zero-order chi connectivity index (χ0) is 16.6. The summed E-state index contributed by atoms with van der Waals surface area (Å²) in [4.78, 5) is 15.1. The van der Waals surface area contributed by atoms with E-state index in [2.05, 4.69) is 32.1 Å². The molecule has 6 rings (SSSR count). The largest absolute Gasteiger partial charge is 0.357 e. The predicted molar refractivity (Wildman–Crippen MR) is 126 cm³/mol. The van der Waals surface area contributed by atoms with Gasteiger partial charge in [0.2, 0.25) is 0 Å². The van der Waals surface area contributed by atoms with E-state index in [1.807, 2.05) is 24.8 Å². The van der Waals surface area contributed by atoms with Crippen LogP contribution in [0.4, 0.5) is 0 Å². The summed E-state index contributed by atoms with van der Waals surface area (Å²) in [5, 5.41) is 2.75. The molecular formula is C23H30B2N4. The van der Waals surface area contributed by atoms with Crippen molar-refractivity contribution in [2.45, 2.75) is 59.8 Å². The standard InChI is InChI=1S/C11H12N2.C10H10N2.2CH4.2B/c1-2-4-10-8(3-1)9-5-6-12-7-11(9)13-10;1-2-7-8-4-5-11-6-10(8)12-9(7)3-1;;;;/h5-7,13H,1-4H2;4-6,12H,1-3H2;2*1H4;;. The third-order valence-corrected chi connectivity index (χ3v) is 5.55. The zero-order valence-corrected chi connectivity index (χ0v) is 15.5. The van der Waals surface area contributed by atoms with Crippen LogP contribution in [0.5, 0.6) is 0 Å². The second-order valence-corrected chi connectivity index (χ2v) is 7.07. The summed E-state index contributed by atoms with van der Waals surface area (Å²) in [5.41, 5.74) is 8.32. The minimum Gasteiger partial charge on any atom is -0.357 e. The number of nitrogens with zero attached hydrogens (tertiary/aromatic N) is 2. The average Bonchev–Trinajstić information content (AvgIpc) is 3.34. The van der Waals surface area contributed by atoms with Crippen LogP contribution >= 0.6 is 0 Å². The molecule has 0 spiro atoms. The fourth-order valence-electron chi connectivity index (χ4n) is 4.36. The lowest BCUT2D eigenvalue weighted by Gasteiger charge is -2.09. The molecule has 4 heterocycles. The minimum absolute atomic E-state index is 0. The fraction of sp³-hybridized carbons (Fsp3) is 0.391.